The molecule has 104 valence electrons. The second-order valence-corrected chi connectivity index (χ2v) is 4.61. The van der Waals surface area contributed by atoms with Crippen LogP contribution in [-0.2, 0) is 6.42 Å². The minimum Gasteiger partial charge on any atom is -0.497 e. The molecule has 0 fully saturated rings. The van der Waals surface area contributed by atoms with E-state index < -0.39 is 0 Å². The van der Waals surface area contributed by atoms with Crippen molar-refractivity contribution in [1.29, 1.82) is 0 Å². The van der Waals surface area contributed by atoms with Crippen LogP contribution in [0.15, 0.2) is 42.6 Å². The summed E-state index contributed by atoms with van der Waals surface area (Å²) in [7, 11) is 1.63. The van der Waals surface area contributed by atoms with E-state index in [1.54, 1.807) is 19.2 Å². The summed E-state index contributed by atoms with van der Waals surface area (Å²) < 4.78 is 5.09. The van der Waals surface area contributed by atoms with Gasteiger partial charge in [-0.1, -0.05) is 23.7 Å². The molecule has 0 spiro atoms. The lowest BCUT2D eigenvalue weighted by atomic mass is 10.1. The highest BCUT2D eigenvalue weighted by Crippen LogP contribution is 2.11. The fraction of sp³-hybridized carbons (Fsp3) is 0.200. The monoisotopic (exact) mass is 290 g/mol. The number of nitrogens with zero attached hydrogens (tertiary/aromatic N) is 1. The average Bonchev–Trinajstić information content (AvgIpc) is 2.48. The highest BCUT2D eigenvalue weighted by Gasteiger charge is 2.05. The number of amides is 1. The predicted octanol–water partition coefficient (Wildman–Crippen LogP) is 2.72. The number of carbonyl (C=O) groups is 1. The normalized spacial score (nSPS) is 10.1. The summed E-state index contributed by atoms with van der Waals surface area (Å²) in [6.45, 7) is 0.561. The summed E-state index contributed by atoms with van der Waals surface area (Å²) in [5.74, 6) is 0.673. The number of aromatic nitrogens is 1. The molecule has 1 heterocycles. The van der Waals surface area contributed by atoms with Gasteiger partial charge >= 0.3 is 0 Å². The Hall–Kier alpha value is -2.07. The molecule has 2 aromatic rings. The number of pyridine rings is 1. The van der Waals surface area contributed by atoms with Crippen LogP contribution < -0.4 is 10.1 Å². The molecule has 0 saturated heterocycles. The zero-order valence-electron chi connectivity index (χ0n) is 11.1. The van der Waals surface area contributed by atoms with Crippen molar-refractivity contribution < 1.29 is 9.53 Å². The molecular formula is C15H15ClN2O2. The fourth-order valence-electron chi connectivity index (χ4n) is 1.76. The summed E-state index contributed by atoms with van der Waals surface area (Å²) in [6.07, 6.45) is 2.27. The Morgan fingerprint density at radius 2 is 2.05 bits per heavy atom. The summed E-state index contributed by atoms with van der Waals surface area (Å²) >= 11 is 5.74. The summed E-state index contributed by atoms with van der Waals surface area (Å²) in [4.78, 5) is 15.7. The van der Waals surface area contributed by atoms with Crippen molar-refractivity contribution in [3.05, 3.63) is 58.9 Å². The summed E-state index contributed by atoms with van der Waals surface area (Å²) in [5.41, 5.74) is 1.65. The molecule has 0 bridgehead atoms. The zero-order chi connectivity index (χ0) is 14.4. The van der Waals surface area contributed by atoms with E-state index in [-0.39, 0.29) is 5.91 Å². The van der Waals surface area contributed by atoms with Crippen LogP contribution in [0.2, 0.25) is 5.15 Å². The largest absolute Gasteiger partial charge is 0.497 e. The standard InChI is InChI=1S/C15H15ClN2O2/c1-20-13-4-2-11(3-5-13)6-8-18-15(19)12-7-9-17-14(16)10-12/h2-5,7,9-10H,6,8H2,1H3,(H,18,19). The molecule has 20 heavy (non-hydrogen) atoms. The van der Waals surface area contributed by atoms with E-state index in [0.29, 0.717) is 17.3 Å². The van der Waals surface area contributed by atoms with E-state index in [1.807, 2.05) is 24.3 Å². The SMILES string of the molecule is COc1ccc(CCNC(=O)c2ccnc(Cl)c2)cc1. The Kier molecular flexibility index (Phi) is 4.96. The lowest BCUT2D eigenvalue weighted by Gasteiger charge is -2.06. The van der Waals surface area contributed by atoms with Gasteiger partial charge < -0.3 is 10.1 Å². The summed E-state index contributed by atoms with van der Waals surface area (Å²) in [5, 5.41) is 3.16. The molecule has 0 saturated carbocycles. The lowest BCUT2D eigenvalue weighted by Crippen LogP contribution is -2.25. The molecule has 1 aromatic carbocycles. The van der Waals surface area contributed by atoms with Crippen molar-refractivity contribution in [3.63, 3.8) is 0 Å². The fourth-order valence-corrected chi connectivity index (χ4v) is 1.93. The van der Waals surface area contributed by atoms with Gasteiger partial charge in [0.2, 0.25) is 0 Å². The van der Waals surface area contributed by atoms with Gasteiger partial charge in [-0.3, -0.25) is 4.79 Å². The molecule has 0 aliphatic rings. The first-order valence-corrected chi connectivity index (χ1v) is 6.59. The third-order valence-electron chi connectivity index (χ3n) is 2.85. The molecule has 0 radical (unpaired) electrons. The molecule has 0 aliphatic heterocycles. The first-order chi connectivity index (χ1) is 9.69. The van der Waals surface area contributed by atoms with E-state index in [0.717, 1.165) is 17.7 Å². The quantitative estimate of drug-likeness (QED) is 0.862. The van der Waals surface area contributed by atoms with Gasteiger partial charge in [-0.2, -0.15) is 0 Å². The average molecular weight is 291 g/mol. The van der Waals surface area contributed by atoms with Crippen molar-refractivity contribution in [1.82, 2.24) is 10.3 Å². The Bertz CT molecular complexity index is 585. The molecule has 2 rings (SSSR count). The molecule has 0 atom stereocenters. The van der Waals surface area contributed by atoms with Crippen molar-refractivity contribution in [2.45, 2.75) is 6.42 Å². The van der Waals surface area contributed by atoms with Gasteiger partial charge in [0.15, 0.2) is 0 Å². The maximum absolute atomic E-state index is 11.9. The van der Waals surface area contributed by atoms with Crippen molar-refractivity contribution in [2.75, 3.05) is 13.7 Å². The van der Waals surface area contributed by atoms with Crippen LogP contribution in [-0.4, -0.2) is 24.5 Å². The first-order valence-electron chi connectivity index (χ1n) is 6.22. The molecule has 1 N–H and O–H groups in total. The number of ether oxygens (including phenoxy) is 1. The second kappa shape index (κ2) is 6.91. The van der Waals surface area contributed by atoms with E-state index in [2.05, 4.69) is 10.3 Å². The molecule has 1 amide bonds. The molecule has 1 aromatic heterocycles. The van der Waals surface area contributed by atoms with E-state index >= 15 is 0 Å². The minimum atomic E-state index is -0.150. The van der Waals surface area contributed by atoms with Gasteiger partial charge in [0, 0.05) is 18.3 Å². The third kappa shape index (κ3) is 3.96. The second-order valence-electron chi connectivity index (χ2n) is 4.22. The Morgan fingerprint density at radius 3 is 2.70 bits per heavy atom. The Balaban J connectivity index is 1.84. The smallest absolute Gasteiger partial charge is 0.251 e. The number of hydrogen-bond acceptors (Lipinski definition) is 3. The third-order valence-corrected chi connectivity index (χ3v) is 3.05. The van der Waals surface area contributed by atoms with Crippen LogP contribution >= 0.6 is 11.6 Å². The van der Waals surface area contributed by atoms with Gasteiger partial charge in [0.1, 0.15) is 10.9 Å². The molecule has 0 aliphatic carbocycles. The zero-order valence-corrected chi connectivity index (χ0v) is 11.9. The minimum absolute atomic E-state index is 0.150. The first kappa shape index (κ1) is 14.3. The molecule has 5 heteroatoms. The maximum Gasteiger partial charge on any atom is 0.251 e. The number of halogens is 1. The van der Waals surface area contributed by atoms with Crippen LogP contribution in [0.4, 0.5) is 0 Å². The van der Waals surface area contributed by atoms with Gasteiger partial charge in [-0.25, -0.2) is 4.98 Å². The topological polar surface area (TPSA) is 51.2 Å². The highest BCUT2D eigenvalue weighted by atomic mass is 35.5. The number of hydrogen-bond donors (Lipinski definition) is 1. The van der Waals surface area contributed by atoms with Crippen molar-refractivity contribution >= 4 is 17.5 Å². The van der Waals surface area contributed by atoms with E-state index in [1.165, 1.54) is 6.20 Å². The van der Waals surface area contributed by atoms with Crippen LogP contribution in [0.25, 0.3) is 0 Å². The van der Waals surface area contributed by atoms with Gasteiger partial charge in [0.25, 0.3) is 5.91 Å². The van der Waals surface area contributed by atoms with E-state index in [4.69, 9.17) is 16.3 Å². The van der Waals surface area contributed by atoms with Gasteiger partial charge in [0.05, 0.1) is 7.11 Å². The number of carbonyl (C=O) groups excluding carboxylic acids is 1. The number of nitrogens with one attached hydrogen (secondary N) is 1. The number of benzene rings is 1. The maximum atomic E-state index is 11.9. The predicted molar refractivity (Wildman–Crippen MR) is 78.3 cm³/mol. The number of rotatable bonds is 5. The van der Waals surface area contributed by atoms with Crippen LogP contribution in [0.3, 0.4) is 0 Å². The number of methoxy groups -OCH3 is 1. The van der Waals surface area contributed by atoms with Gasteiger partial charge in [-0.05, 0) is 36.2 Å². The van der Waals surface area contributed by atoms with Crippen molar-refractivity contribution in [3.8, 4) is 5.75 Å². The molecule has 0 unspecified atom stereocenters. The van der Waals surface area contributed by atoms with Crippen LogP contribution in [0.1, 0.15) is 15.9 Å². The highest BCUT2D eigenvalue weighted by molar-refractivity contribution is 6.29. The molecule has 4 nitrogen and oxygen atoms in total. The Labute approximate surface area is 122 Å². The molecular weight excluding hydrogens is 276 g/mol. The Morgan fingerprint density at radius 1 is 1.30 bits per heavy atom. The van der Waals surface area contributed by atoms with Crippen LogP contribution in [0, 0.1) is 0 Å². The van der Waals surface area contributed by atoms with E-state index in [9.17, 15) is 4.79 Å². The van der Waals surface area contributed by atoms with Gasteiger partial charge in [-0.15, -0.1) is 0 Å². The lowest BCUT2D eigenvalue weighted by molar-refractivity contribution is 0.0954. The summed E-state index contributed by atoms with van der Waals surface area (Å²) in [6, 6.07) is 10.9. The van der Waals surface area contributed by atoms with Crippen LogP contribution in [0.5, 0.6) is 5.75 Å². The van der Waals surface area contributed by atoms with Crippen molar-refractivity contribution in [2.24, 2.45) is 0 Å².